The molecule has 0 aliphatic heterocycles. The monoisotopic (exact) mass is 488 g/mol. The van der Waals surface area contributed by atoms with E-state index in [0.29, 0.717) is 40.9 Å². The normalized spacial score (nSPS) is 11.2. The van der Waals surface area contributed by atoms with Crippen molar-refractivity contribution in [1.82, 2.24) is 19.9 Å². The van der Waals surface area contributed by atoms with Gasteiger partial charge in [0.15, 0.2) is 0 Å². The van der Waals surface area contributed by atoms with Crippen molar-refractivity contribution in [3.05, 3.63) is 70.6 Å². The van der Waals surface area contributed by atoms with Gasteiger partial charge in [0, 0.05) is 38.6 Å². The standard InChI is InChI=1S/C22H25ClN6O3S/c1-28(2)21(30)16-7-10-17(11-8-16)26-22-25-14-18(23)19(27-22)12-9-15-6-5-13-24-20(15)29(3)33(4,31)32/h5-8,10-11,13-14H,9,12H2,1-4H3,(H,25,26,27). The lowest BCUT2D eigenvalue weighted by Crippen LogP contribution is -2.27. The molecular formula is C22H25ClN6O3S. The zero-order valence-electron chi connectivity index (χ0n) is 18.8. The third-order valence-electron chi connectivity index (χ3n) is 4.91. The fourth-order valence-corrected chi connectivity index (χ4v) is 3.70. The Kier molecular flexibility index (Phi) is 7.50. The Labute approximate surface area is 198 Å². The molecule has 33 heavy (non-hydrogen) atoms. The molecule has 0 bridgehead atoms. The van der Waals surface area contributed by atoms with Crippen LogP contribution in [-0.2, 0) is 22.9 Å². The number of aryl methyl sites for hydroxylation is 2. The third-order valence-corrected chi connectivity index (χ3v) is 6.39. The predicted octanol–water partition coefficient (Wildman–Crippen LogP) is 3.15. The van der Waals surface area contributed by atoms with E-state index in [4.69, 9.17) is 11.6 Å². The summed E-state index contributed by atoms with van der Waals surface area (Å²) in [6.07, 6.45) is 5.15. The molecule has 0 saturated heterocycles. The molecule has 0 spiro atoms. The summed E-state index contributed by atoms with van der Waals surface area (Å²) < 4.78 is 25.0. The van der Waals surface area contributed by atoms with Gasteiger partial charge >= 0.3 is 0 Å². The number of carbonyl (C=O) groups is 1. The summed E-state index contributed by atoms with van der Waals surface area (Å²) in [5.41, 5.74) is 2.68. The van der Waals surface area contributed by atoms with Crippen molar-refractivity contribution in [1.29, 1.82) is 0 Å². The Bertz CT molecular complexity index is 1250. The van der Waals surface area contributed by atoms with Crippen LogP contribution in [0.15, 0.2) is 48.8 Å². The van der Waals surface area contributed by atoms with E-state index in [0.717, 1.165) is 21.8 Å². The molecule has 1 N–H and O–H groups in total. The van der Waals surface area contributed by atoms with Crippen LogP contribution in [-0.4, -0.2) is 61.6 Å². The highest BCUT2D eigenvalue weighted by Gasteiger charge is 2.17. The Morgan fingerprint density at radius 2 is 1.76 bits per heavy atom. The maximum atomic E-state index is 12.0. The van der Waals surface area contributed by atoms with Crippen LogP contribution in [0.25, 0.3) is 0 Å². The minimum absolute atomic E-state index is 0.0807. The number of anilines is 3. The van der Waals surface area contributed by atoms with E-state index in [1.54, 1.807) is 50.6 Å². The molecule has 0 aliphatic carbocycles. The fraction of sp³-hybridized carbons (Fsp3) is 0.273. The summed E-state index contributed by atoms with van der Waals surface area (Å²) in [7, 11) is 1.43. The van der Waals surface area contributed by atoms with E-state index in [2.05, 4.69) is 20.3 Å². The van der Waals surface area contributed by atoms with Gasteiger partial charge in [-0.3, -0.25) is 9.10 Å². The largest absolute Gasteiger partial charge is 0.345 e. The number of amides is 1. The van der Waals surface area contributed by atoms with Crippen molar-refractivity contribution >= 4 is 45.0 Å². The molecule has 1 amide bonds. The number of nitrogens with one attached hydrogen (secondary N) is 1. The van der Waals surface area contributed by atoms with Gasteiger partial charge in [-0.25, -0.2) is 23.4 Å². The van der Waals surface area contributed by atoms with E-state index in [-0.39, 0.29) is 5.91 Å². The molecular weight excluding hydrogens is 464 g/mol. The van der Waals surface area contributed by atoms with E-state index < -0.39 is 10.0 Å². The average molecular weight is 489 g/mol. The van der Waals surface area contributed by atoms with E-state index >= 15 is 0 Å². The SMILES string of the molecule is CN(C)C(=O)c1ccc(Nc2ncc(Cl)c(CCc3cccnc3N(C)S(C)(=O)=O)n2)cc1. The Morgan fingerprint density at radius 3 is 2.39 bits per heavy atom. The summed E-state index contributed by atoms with van der Waals surface area (Å²) in [5.74, 6) is 0.652. The minimum Gasteiger partial charge on any atom is -0.345 e. The topological polar surface area (TPSA) is 108 Å². The molecule has 1 aromatic carbocycles. The first-order valence-corrected chi connectivity index (χ1v) is 12.3. The van der Waals surface area contributed by atoms with Crippen LogP contribution in [0.3, 0.4) is 0 Å². The molecule has 11 heteroatoms. The number of hydrogen-bond donors (Lipinski definition) is 1. The lowest BCUT2D eigenvalue weighted by Gasteiger charge is -2.18. The van der Waals surface area contributed by atoms with Gasteiger partial charge in [0.05, 0.1) is 23.2 Å². The fourth-order valence-electron chi connectivity index (χ4n) is 3.04. The van der Waals surface area contributed by atoms with E-state index in [9.17, 15) is 13.2 Å². The van der Waals surface area contributed by atoms with Crippen molar-refractivity contribution in [3.63, 3.8) is 0 Å². The lowest BCUT2D eigenvalue weighted by atomic mass is 10.1. The van der Waals surface area contributed by atoms with Gasteiger partial charge in [-0.2, -0.15) is 0 Å². The Balaban J connectivity index is 1.75. The van der Waals surface area contributed by atoms with Crippen LogP contribution in [0.5, 0.6) is 0 Å². The lowest BCUT2D eigenvalue weighted by molar-refractivity contribution is 0.0827. The van der Waals surface area contributed by atoms with Crippen LogP contribution >= 0.6 is 11.6 Å². The van der Waals surface area contributed by atoms with Gasteiger partial charge in [0.1, 0.15) is 5.82 Å². The van der Waals surface area contributed by atoms with Crippen LogP contribution in [0.4, 0.5) is 17.5 Å². The van der Waals surface area contributed by atoms with Gasteiger partial charge in [0.25, 0.3) is 5.91 Å². The number of nitrogens with zero attached hydrogens (tertiary/aromatic N) is 5. The maximum absolute atomic E-state index is 12.0. The second-order valence-electron chi connectivity index (χ2n) is 7.61. The maximum Gasteiger partial charge on any atom is 0.253 e. The number of halogens is 1. The number of carbonyl (C=O) groups excluding carboxylic acids is 1. The first-order valence-electron chi connectivity index (χ1n) is 10.0. The zero-order valence-corrected chi connectivity index (χ0v) is 20.4. The quantitative estimate of drug-likeness (QED) is 0.518. The highest BCUT2D eigenvalue weighted by atomic mass is 35.5. The van der Waals surface area contributed by atoms with Crippen molar-refractivity contribution in [3.8, 4) is 0 Å². The summed E-state index contributed by atoms with van der Waals surface area (Å²) in [5, 5.41) is 3.52. The molecule has 0 radical (unpaired) electrons. The molecule has 3 aromatic rings. The number of hydrogen-bond acceptors (Lipinski definition) is 7. The van der Waals surface area contributed by atoms with Gasteiger partial charge < -0.3 is 10.2 Å². The first kappa shape index (κ1) is 24.4. The van der Waals surface area contributed by atoms with Gasteiger partial charge in [-0.15, -0.1) is 0 Å². The highest BCUT2D eigenvalue weighted by Crippen LogP contribution is 2.23. The number of rotatable bonds is 8. The second kappa shape index (κ2) is 10.1. The van der Waals surface area contributed by atoms with Gasteiger partial charge in [-0.1, -0.05) is 17.7 Å². The van der Waals surface area contributed by atoms with E-state index in [1.807, 2.05) is 6.07 Å². The van der Waals surface area contributed by atoms with Gasteiger partial charge in [-0.05, 0) is 48.7 Å². The molecule has 0 saturated carbocycles. The minimum atomic E-state index is -3.44. The number of sulfonamides is 1. The molecule has 3 rings (SSSR count). The van der Waals surface area contributed by atoms with Crippen LogP contribution < -0.4 is 9.62 Å². The number of pyridine rings is 1. The Hall–Kier alpha value is -3.24. The molecule has 2 aromatic heterocycles. The van der Waals surface area contributed by atoms with Crippen molar-refractivity contribution in [2.75, 3.05) is 37.0 Å². The van der Waals surface area contributed by atoms with E-state index in [1.165, 1.54) is 18.1 Å². The van der Waals surface area contributed by atoms with Crippen LogP contribution in [0.1, 0.15) is 21.6 Å². The molecule has 0 unspecified atom stereocenters. The summed E-state index contributed by atoms with van der Waals surface area (Å²) >= 11 is 6.31. The van der Waals surface area contributed by atoms with Gasteiger partial charge in [0.2, 0.25) is 16.0 Å². The number of aromatic nitrogens is 3. The van der Waals surface area contributed by atoms with Crippen molar-refractivity contribution < 1.29 is 13.2 Å². The molecule has 9 nitrogen and oxygen atoms in total. The molecule has 0 aliphatic rings. The van der Waals surface area contributed by atoms with Crippen molar-refractivity contribution in [2.24, 2.45) is 0 Å². The summed E-state index contributed by atoms with van der Waals surface area (Å²) in [6.45, 7) is 0. The van der Waals surface area contributed by atoms with Crippen LogP contribution in [0.2, 0.25) is 5.02 Å². The number of benzene rings is 1. The molecule has 2 heterocycles. The average Bonchev–Trinajstić information content (AvgIpc) is 2.78. The smallest absolute Gasteiger partial charge is 0.253 e. The third kappa shape index (κ3) is 6.17. The summed E-state index contributed by atoms with van der Waals surface area (Å²) in [6, 6.07) is 10.6. The first-order chi connectivity index (χ1) is 15.6. The van der Waals surface area contributed by atoms with Crippen LogP contribution in [0, 0.1) is 0 Å². The molecule has 174 valence electrons. The van der Waals surface area contributed by atoms with Crippen molar-refractivity contribution in [2.45, 2.75) is 12.8 Å². The zero-order chi connectivity index (χ0) is 24.2. The Morgan fingerprint density at radius 1 is 1.06 bits per heavy atom. The molecule has 0 atom stereocenters. The second-order valence-corrected chi connectivity index (χ2v) is 10.0. The predicted molar refractivity (Wildman–Crippen MR) is 130 cm³/mol. The summed E-state index contributed by atoms with van der Waals surface area (Å²) in [4.78, 5) is 26.5. The highest BCUT2D eigenvalue weighted by molar-refractivity contribution is 7.92. The molecule has 0 fully saturated rings.